The van der Waals surface area contributed by atoms with E-state index in [0.717, 1.165) is 22.4 Å². The number of benzene rings is 3. The molecular weight excluding hydrogens is 326 g/mol. The standard InChI is InChI=1S/C21H15N3O2/c25-21(26)18-7-4-8-19(13-18)24-14-20(22-23-24)17-11-9-16(10-12-17)15-5-2-1-3-6-15/h1-14H,(H,25,26). The summed E-state index contributed by atoms with van der Waals surface area (Å²) in [5.41, 5.74) is 4.84. The van der Waals surface area contributed by atoms with Gasteiger partial charge in [0, 0.05) is 5.56 Å². The number of nitrogens with zero attached hydrogens (tertiary/aromatic N) is 3. The summed E-state index contributed by atoms with van der Waals surface area (Å²) in [5, 5.41) is 17.4. The van der Waals surface area contributed by atoms with Crippen molar-refractivity contribution in [1.29, 1.82) is 0 Å². The quantitative estimate of drug-likeness (QED) is 0.601. The summed E-state index contributed by atoms with van der Waals surface area (Å²) in [6, 6.07) is 24.9. The molecule has 4 rings (SSSR count). The summed E-state index contributed by atoms with van der Waals surface area (Å²) in [7, 11) is 0. The van der Waals surface area contributed by atoms with Gasteiger partial charge in [-0.1, -0.05) is 65.9 Å². The molecule has 5 heteroatoms. The molecule has 0 fully saturated rings. The SMILES string of the molecule is O=C(O)c1cccc(-n2cc(-c3ccc(-c4ccccc4)cc3)nn2)c1. The summed E-state index contributed by atoms with van der Waals surface area (Å²) >= 11 is 0. The van der Waals surface area contributed by atoms with Crippen molar-refractivity contribution in [2.24, 2.45) is 0 Å². The molecule has 0 atom stereocenters. The second kappa shape index (κ2) is 6.64. The van der Waals surface area contributed by atoms with Gasteiger partial charge in [0.1, 0.15) is 5.69 Å². The first-order valence-corrected chi connectivity index (χ1v) is 8.13. The maximum absolute atomic E-state index is 11.1. The second-order valence-electron chi connectivity index (χ2n) is 5.85. The summed E-state index contributed by atoms with van der Waals surface area (Å²) in [6.45, 7) is 0. The summed E-state index contributed by atoms with van der Waals surface area (Å²) in [6.07, 6.45) is 1.79. The Kier molecular flexibility index (Phi) is 4.03. The van der Waals surface area contributed by atoms with Gasteiger partial charge in [-0.15, -0.1) is 5.10 Å². The molecule has 0 bridgehead atoms. The maximum Gasteiger partial charge on any atom is 0.335 e. The van der Waals surface area contributed by atoms with E-state index in [1.165, 1.54) is 0 Å². The molecule has 0 unspecified atom stereocenters. The van der Waals surface area contributed by atoms with E-state index in [2.05, 4.69) is 34.6 Å². The van der Waals surface area contributed by atoms with E-state index in [0.29, 0.717) is 5.69 Å². The molecule has 0 saturated carbocycles. The van der Waals surface area contributed by atoms with Gasteiger partial charge >= 0.3 is 5.97 Å². The van der Waals surface area contributed by atoms with Crippen molar-refractivity contribution in [3.05, 3.63) is 90.6 Å². The van der Waals surface area contributed by atoms with Crippen LogP contribution in [0.15, 0.2) is 85.1 Å². The Labute approximate surface area is 150 Å². The van der Waals surface area contributed by atoms with E-state index in [1.807, 2.05) is 30.3 Å². The van der Waals surface area contributed by atoms with Crippen LogP contribution < -0.4 is 0 Å². The second-order valence-corrected chi connectivity index (χ2v) is 5.85. The van der Waals surface area contributed by atoms with Crippen molar-refractivity contribution in [3.8, 4) is 28.1 Å². The molecule has 0 aliphatic rings. The van der Waals surface area contributed by atoms with Gasteiger partial charge in [-0.05, 0) is 29.3 Å². The molecule has 0 radical (unpaired) electrons. The predicted molar refractivity (Wildman–Crippen MR) is 99.2 cm³/mol. The zero-order valence-corrected chi connectivity index (χ0v) is 13.8. The summed E-state index contributed by atoms with van der Waals surface area (Å²) in [5.74, 6) is -0.969. The van der Waals surface area contributed by atoms with E-state index in [1.54, 1.807) is 35.1 Å². The highest BCUT2D eigenvalue weighted by atomic mass is 16.4. The Morgan fingerprint density at radius 1 is 0.808 bits per heavy atom. The number of carboxylic acids is 1. The summed E-state index contributed by atoms with van der Waals surface area (Å²) < 4.78 is 1.58. The number of aromatic nitrogens is 3. The van der Waals surface area contributed by atoms with Crippen molar-refractivity contribution in [3.63, 3.8) is 0 Å². The van der Waals surface area contributed by atoms with Crippen LogP contribution in [0, 0.1) is 0 Å². The van der Waals surface area contributed by atoms with Gasteiger partial charge < -0.3 is 5.11 Å². The van der Waals surface area contributed by atoms with E-state index < -0.39 is 5.97 Å². The van der Waals surface area contributed by atoms with Crippen molar-refractivity contribution < 1.29 is 9.90 Å². The van der Waals surface area contributed by atoms with Crippen LogP contribution in [0.1, 0.15) is 10.4 Å². The van der Waals surface area contributed by atoms with Crippen LogP contribution in [0.4, 0.5) is 0 Å². The average molecular weight is 341 g/mol. The fourth-order valence-corrected chi connectivity index (χ4v) is 2.77. The van der Waals surface area contributed by atoms with E-state index >= 15 is 0 Å². The molecule has 5 nitrogen and oxygen atoms in total. The topological polar surface area (TPSA) is 68.0 Å². The van der Waals surface area contributed by atoms with E-state index in [-0.39, 0.29) is 5.56 Å². The monoisotopic (exact) mass is 341 g/mol. The molecule has 3 aromatic carbocycles. The zero-order valence-electron chi connectivity index (χ0n) is 13.8. The first-order valence-electron chi connectivity index (χ1n) is 8.13. The van der Waals surface area contributed by atoms with Gasteiger partial charge in [0.05, 0.1) is 17.4 Å². The number of carbonyl (C=O) groups is 1. The molecule has 0 aliphatic carbocycles. The average Bonchev–Trinajstić information content (AvgIpc) is 3.19. The molecular formula is C21H15N3O2. The van der Waals surface area contributed by atoms with Gasteiger partial charge in [-0.25, -0.2) is 9.48 Å². The molecule has 126 valence electrons. The van der Waals surface area contributed by atoms with Crippen LogP contribution in [-0.4, -0.2) is 26.1 Å². The third-order valence-electron chi connectivity index (χ3n) is 4.14. The molecule has 1 aromatic heterocycles. The highest BCUT2D eigenvalue weighted by Gasteiger charge is 2.08. The molecule has 0 amide bonds. The summed E-state index contributed by atoms with van der Waals surface area (Å²) in [4.78, 5) is 11.1. The third-order valence-corrected chi connectivity index (χ3v) is 4.14. The van der Waals surface area contributed by atoms with Crippen molar-refractivity contribution in [2.45, 2.75) is 0 Å². The molecule has 1 heterocycles. The number of hydrogen-bond acceptors (Lipinski definition) is 3. The lowest BCUT2D eigenvalue weighted by Crippen LogP contribution is -2.00. The Morgan fingerprint density at radius 3 is 2.23 bits per heavy atom. The van der Waals surface area contributed by atoms with Gasteiger partial charge in [0.2, 0.25) is 0 Å². The van der Waals surface area contributed by atoms with E-state index in [9.17, 15) is 4.79 Å². The maximum atomic E-state index is 11.1. The van der Waals surface area contributed by atoms with Crippen LogP contribution in [0.2, 0.25) is 0 Å². The third kappa shape index (κ3) is 3.10. The lowest BCUT2D eigenvalue weighted by Gasteiger charge is -2.03. The first-order chi connectivity index (χ1) is 12.7. The van der Waals surface area contributed by atoms with Crippen LogP contribution >= 0.6 is 0 Å². The van der Waals surface area contributed by atoms with Crippen LogP contribution in [-0.2, 0) is 0 Å². The minimum atomic E-state index is -0.969. The number of aromatic carboxylic acids is 1. The molecule has 0 aliphatic heterocycles. The van der Waals surface area contributed by atoms with Crippen molar-refractivity contribution in [1.82, 2.24) is 15.0 Å². The number of rotatable bonds is 4. The number of carboxylic acid groups (broad SMARTS) is 1. The van der Waals surface area contributed by atoms with Crippen molar-refractivity contribution >= 4 is 5.97 Å². The highest BCUT2D eigenvalue weighted by Crippen LogP contribution is 2.24. The minimum absolute atomic E-state index is 0.215. The Bertz CT molecular complexity index is 1050. The Balaban J connectivity index is 1.62. The predicted octanol–water partition coefficient (Wildman–Crippen LogP) is 4.30. The molecule has 0 saturated heterocycles. The van der Waals surface area contributed by atoms with Gasteiger partial charge in [-0.3, -0.25) is 0 Å². The normalized spacial score (nSPS) is 10.6. The fraction of sp³-hybridized carbons (Fsp3) is 0. The molecule has 26 heavy (non-hydrogen) atoms. The number of hydrogen-bond donors (Lipinski definition) is 1. The Morgan fingerprint density at radius 2 is 1.50 bits per heavy atom. The van der Waals surface area contributed by atoms with E-state index in [4.69, 9.17) is 5.11 Å². The molecule has 0 spiro atoms. The first kappa shape index (κ1) is 15.8. The van der Waals surface area contributed by atoms with Gasteiger partial charge in [0.25, 0.3) is 0 Å². The smallest absolute Gasteiger partial charge is 0.335 e. The van der Waals surface area contributed by atoms with Crippen LogP contribution in [0.3, 0.4) is 0 Å². The fourth-order valence-electron chi connectivity index (χ4n) is 2.77. The Hall–Kier alpha value is -3.73. The van der Waals surface area contributed by atoms with Gasteiger partial charge in [-0.2, -0.15) is 0 Å². The lowest BCUT2D eigenvalue weighted by atomic mass is 10.0. The zero-order chi connectivity index (χ0) is 17.9. The van der Waals surface area contributed by atoms with Crippen LogP contribution in [0.5, 0.6) is 0 Å². The molecule has 1 N–H and O–H groups in total. The van der Waals surface area contributed by atoms with Gasteiger partial charge in [0.15, 0.2) is 0 Å². The van der Waals surface area contributed by atoms with Crippen molar-refractivity contribution in [2.75, 3.05) is 0 Å². The lowest BCUT2D eigenvalue weighted by molar-refractivity contribution is 0.0697. The molecule has 4 aromatic rings. The highest BCUT2D eigenvalue weighted by molar-refractivity contribution is 5.88. The largest absolute Gasteiger partial charge is 0.478 e. The minimum Gasteiger partial charge on any atom is -0.478 e. The van der Waals surface area contributed by atoms with Crippen LogP contribution in [0.25, 0.3) is 28.1 Å².